The normalized spacial score (nSPS) is 19.8. The number of piperidine rings is 1. The molecule has 2 aliphatic rings. The van der Waals surface area contributed by atoms with Crippen molar-refractivity contribution in [1.82, 2.24) is 9.62 Å². The van der Waals surface area contributed by atoms with Gasteiger partial charge in [0, 0.05) is 38.8 Å². The number of sulfonamides is 1. The molecular formula is C26H33N3O4S. The Morgan fingerprint density at radius 3 is 2.59 bits per heavy atom. The number of nitrogens with zero attached hydrogens (tertiary/aromatic N) is 2. The second-order valence-corrected chi connectivity index (χ2v) is 11.3. The molecular weight excluding hydrogens is 450 g/mol. The van der Waals surface area contributed by atoms with Crippen LogP contribution in [0.4, 0.5) is 5.69 Å². The minimum atomic E-state index is -3.72. The Labute approximate surface area is 202 Å². The predicted molar refractivity (Wildman–Crippen MR) is 132 cm³/mol. The van der Waals surface area contributed by atoms with Crippen molar-refractivity contribution in [2.45, 2.75) is 50.3 Å². The number of carbonyl (C=O) groups is 2. The van der Waals surface area contributed by atoms with Gasteiger partial charge in [-0.05, 0) is 60.9 Å². The third kappa shape index (κ3) is 5.18. The summed E-state index contributed by atoms with van der Waals surface area (Å²) in [4.78, 5) is 26.7. The van der Waals surface area contributed by atoms with Crippen molar-refractivity contribution in [2.75, 3.05) is 31.1 Å². The van der Waals surface area contributed by atoms with Crippen molar-refractivity contribution in [3.8, 4) is 0 Å². The zero-order valence-corrected chi connectivity index (χ0v) is 20.7. The standard InChI is InChI=1S/C26H33N3O4S/c1-19(21-8-4-3-5-9-21)17-27-26(31)23-11-6-14-28(18-23)34(32,33)24-12-13-25-22(16-24)10-7-15-29(25)20(2)30/h3-5,8-9,12-13,16,19,23H,6-7,10-11,14-15,17-18H2,1-2H3,(H,27,31)/t19-,23-/m0/s1. The molecule has 0 aromatic heterocycles. The summed E-state index contributed by atoms with van der Waals surface area (Å²) >= 11 is 0. The SMILES string of the molecule is CC(=O)N1CCCc2cc(S(=O)(=O)N3CCC[C@H](C(=O)NC[C@H](C)c4ccccc4)C3)ccc21. The lowest BCUT2D eigenvalue weighted by molar-refractivity contribution is -0.126. The fourth-order valence-corrected chi connectivity index (χ4v) is 6.46. The maximum atomic E-state index is 13.4. The van der Waals surface area contributed by atoms with Crippen LogP contribution in [0.25, 0.3) is 0 Å². The molecule has 2 amide bonds. The summed E-state index contributed by atoms with van der Waals surface area (Å²) in [5, 5.41) is 3.02. The predicted octanol–water partition coefficient (Wildman–Crippen LogP) is 3.31. The lowest BCUT2D eigenvalue weighted by atomic mass is 9.97. The summed E-state index contributed by atoms with van der Waals surface area (Å²) in [6, 6.07) is 15.0. The zero-order chi connectivity index (χ0) is 24.3. The number of anilines is 1. The van der Waals surface area contributed by atoms with E-state index < -0.39 is 10.0 Å². The van der Waals surface area contributed by atoms with E-state index in [0.717, 1.165) is 29.7 Å². The topological polar surface area (TPSA) is 86.8 Å². The Balaban J connectivity index is 1.43. The number of rotatable bonds is 6. The third-order valence-electron chi connectivity index (χ3n) is 6.89. The summed E-state index contributed by atoms with van der Waals surface area (Å²) in [7, 11) is -3.72. The van der Waals surface area contributed by atoms with Crippen LogP contribution in [0.3, 0.4) is 0 Å². The molecule has 0 spiro atoms. The van der Waals surface area contributed by atoms with Crippen LogP contribution in [0.1, 0.15) is 50.2 Å². The second-order valence-electron chi connectivity index (χ2n) is 9.32. The minimum absolute atomic E-state index is 0.0389. The summed E-state index contributed by atoms with van der Waals surface area (Å²) in [6.07, 6.45) is 2.88. The average molecular weight is 484 g/mol. The molecule has 34 heavy (non-hydrogen) atoms. The van der Waals surface area contributed by atoms with Crippen LogP contribution in [-0.2, 0) is 26.0 Å². The Bertz CT molecular complexity index is 1150. The molecule has 8 heteroatoms. The molecule has 1 N–H and O–H groups in total. The van der Waals surface area contributed by atoms with Crippen molar-refractivity contribution in [2.24, 2.45) is 5.92 Å². The van der Waals surface area contributed by atoms with Crippen LogP contribution in [0.5, 0.6) is 0 Å². The number of hydrogen-bond donors (Lipinski definition) is 1. The van der Waals surface area contributed by atoms with Crippen molar-refractivity contribution < 1.29 is 18.0 Å². The monoisotopic (exact) mass is 483 g/mol. The maximum absolute atomic E-state index is 13.4. The molecule has 2 aromatic carbocycles. The molecule has 2 aliphatic heterocycles. The smallest absolute Gasteiger partial charge is 0.243 e. The van der Waals surface area contributed by atoms with Gasteiger partial charge in [-0.3, -0.25) is 9.59 Å². The van der Waals surface area contributed by atoms with Gasteiger partial charge in [0.15, 0.2) is 0 Å². The number of nitrogens with one attached hydrogen (secondary N) is 1. The van der Waals surface area contributed by atoms with Gasteiger partial charge in [0.2, 0.25) is 21.8 Å². The summed E-state index contributed by atoms with van der Waals surface area (Å²) in [5.74, 6) is -0.316. The molecule has 0 bridgehead atoms. The molecule has 2 atom stereocenters. The largest absolute Gasteiger partial charge is 0.355 e. The molecule has 0 radical (unpaired) electrons. The van der Waals surface area contributed by atoms with Crippen molar-refractivity contribution in [3.63, 3.8) is 0 Å². The highest BCUT2D eigenvalue weighted by molar-refractivity contribution is 7.89. The Morgan fingerprint density at radius 1 is 1.09 bits per heavy atom. The van der Waals surface area contributed by atoms with Gasteiger partial charge in [-0.15, -0.1) is 0 Å². The van der Waals surface area contributed by atoms with Gasteiger partial charge in [-0.2, -0.15) is 4.31 Å². The highest BCUT2D eigenvalue weighted by Gasteiger charge is 2.34. The first-order valence-electron chi connectivity index (χ1n) is 12.0. The molecule has 182 valence electrons. The molecule has 0 saturated carbocycles. The first kappa shape index (κ1) is 24.4. The fraction of sp³-hybridized carbons (Fsp3) is 0.462. The molecule has 2 heterocycles. The van der Waals surface area contributed by atoms with Crippen molar-refractivity contribution >= 4 is 27.5 Å². The van der Waals surface area contributed by atoms with Crippen LogP contribution in [0.15, 0.2) is 53.4 Å². The van der Waals surface area contributed by atoms with Gasteiger partial charge in [0.25, 0.3) is 0 Å². The Morgan fingerprint density at radius 2 is 1.85 bits per heavy atom. The van der Waals surface area contributed by atoms with E-state index in [-0.39, 0.29) is 35.1 Å². The minimum Gasteiger partial charge on any atom is -0.355 e. The first-order chi connectivity index (χ1) is 16.3. The molecule has 1 saturated heterocycles. The lowest BCUT2D eigenvalue weighted by Crippen LogP contribution is -2.46. The van der Waals surface area contributed by atoms with Crippen LogP contribution >= 0.6 is 0 Å². The highest BCUT2D eigenvalue weighted by Crippen LogP contribution is 2.31. The zero-order valence-electron chi connectivity index (χ0n) is 19.9. The van der Waals surface area contributed by atoms with Crippen LogP contribution in [0, 0.1) is 5.92 Å². The molecule has 4 rings (SSSR count). The van der Waals surface area contributed by atoms with Gasteiger partial charge in [-0.25, -0.2) is 8.42 Å². The van der Waals surface area contributed by atoms with E-state index in [9.17, 15) is 18.0 Å². The van der Waals surface area contributed by atoms with Gasteiger partial charge in [0.05, 0.1) is 10.8 Å². The number of benzene rings is 2. The van der Waals surface area contributed by atoms with E-state index in [1.807, 2.05) is 30.3 Å². The van der Waals surface area contributed by atoms with E-state index in [1.54, 1.807) is 23.1 Å². The number of amides is 2. The van der Waals surface area contributed by atoms with Gasteiger partial charge < -0.3 is 10.2 Å². The summed E-state index contributed by atoms with van der Waals surface area (Å²) in [5.41, 5.74) is 2.83. The fourth-order valence-electron chi connectivity index (χ4n) is 4.88. The number of fused-ring (bicyclic) bond motifs is 1. The van der Waals surface area contributed by atoms with E-state index in [4.69, 9.17) is 0 Å². The number of aryl methyl sites for hydroxylation is 1. The number of hydrogen-bond acceptors (Lipinski definition) is 4. The highest BCUT2D eigenvalue weighted by atomic mass is 32.2. The van der Waals surface area contributed by atoms with Crippen molar-refractivity contribution in [1.29, 1.82) is 0 Å². The quantitative estimate of drug-likeness (QED) is 0.683. The molecule has 2 aromatic rings. The second kappa shape index (κ2) is 10.3. The molecule has 0 aliphatic carbocycles. The average Bonchev–Trinajstić information content (AvgIpc) is 2.86. The van der Waals surface area contributed by atoms with Gasteiger partial charge in [0.1, 0.15) is 0 Å². The molecule has 1 fully saturated rings. The van der Waals surface area contributed by atoms with E-state index >= 15 is 0 Å². The Kier molecular flexibility index (Phi) is 7.38. The Hall–Kier alpha value is -2.71. The van der Waals surface area contributed by atoms with E-state index in [1.165, 1.54) is 11.2 Å². The lowest BCUT2D eigenvalue weighted by Gasteiger charge is -2.32. The van der Waals surface area contributed by atoms with Gasteiger partial charge in [-0.1, -0.05) is 37.3 Å². The number of carbonyl (C=O) groups excluding carboxylic acids is 2. The first-order valence-corrected chi connectivity index (χ1v) is 13.4. The van der Waals surface area contributed by atoms with E-state index in [2.05, 4.69) is 12.2 Å². The van der Waals surface area contributed by atoms with Gasteiger partial charge >= 0.3 is 0 Å². The van der Waals surface area contributed by atoms with Crippen LogP contribution in [0.2, 0.25) is 0 Å². The van der Waals surface area contributed by atoms with Crippen molar-refractivity contribution in [3.05, 3.63) is 59.7 Å². The summed E-state index contributed by atoms with van der Waals surface area (Å²) in [6.45, 7) is 5.35. The summed E-state index contributed by atoms with van der Waals surface area (Å²) < 4.78 is 28.3. The molecule has 0 unspecified atom stereocenters. The van der Waals surface area contributed by atoms with Crippen LogP contribution < -0.4 is 10.2 Å². The van der Waals surface area contributed by atoms with E-state index in [0.29, 0.717) is 32.5 Å². The van der Waals surface area contributed by atoms with Crippen LogP contribution in [-0.4, -0.2) is 50.7 Å². The maximum Gasteiger partial charge on any atom is 0.243 e. The third-order valence-corrected chi connectivity index (χ3v) is 8.75. The molecule has 7 nitrogen and oxygen atoms in total.